The normalized spacial score (nSPS) is 10.1. The summed E-state index contributed by atoms with van der Waals surface area (Å²) in [4.78, 5) is 11.2. The van der Waals surface area contributed by atoms with Crippen LogP contribution in [0.5, 0.6) is 0 Å². The number of hydrogen-bond donors (Lipinski definition) is 2. The van der Waals surface area contributed by atoms with Crippen LogP contribution < -0.4 is 10.6 Å². The molecule has 1 aromatic carbocycles. The summed E-state index contributed by atoms with van der Waals surface area (Å²) in [6.45, 7) is 4.55. The fourth-order valence-corrected chi connectivity index (χ4v) is 1.74. The summed E-state index contributed by atoms with van der Waals surface area (Å²) in [5, 5.41) is 13.8. The molecule has 0 bridgehead atoms. The van der Waals surface area contributed by atoms with Crippen molar-refractivity contribution in [1.82, 2.24) is 10.2 Å². The number of rotatable bonds is 5. The fraction of sp³-hybridized carbons (Fsp3) is 0.267. The molecule has 1 amide bonds. The Labute approximate surface area is 118 Å². The van der Waals surface area contributed by atoms with Crippen LogP contribution in [0.2, 0.25) is 0 Å². The Balaban J connectivity index is 1.92. The number of carbonyl (C=O) groups is 1. The van der Waals surface area contributed by atoms with Crippen molar-refractivity contribution in [2.45, 2.75) is 26.8 Å². The van der Waals surface area contributed by atoms with E-state index in [9.17, 15) is 4.79 Å². The molecular formula is C15H18N4O. The molecule has 5 nitrogen and oxygen atoms in total. The molecule has 0 aliphatic rings. The fourth-order valence-electron chi connectivity index (χ4n) is 1.74. The largest absolute Gasteiger partial charge is 0.365 e. The van der Waals surface area contributed by atoms with Crippen molar-refractivity contribution >= 4 is 17.5 Å². The maximum atomic E-state index is 11.2. The van der Waals surface area contributed by atoms with Gasteiger partial charge in [0.05, 0.1) is 0 Å². The van der Waals surface area contributed by atoms with E-state index in [1.807, 2.05) is 6.07 Å². The first-order chi connectivity index (χ1) is 9.67. The summed E-state index contributed by atoms with van der Waals surface area (Å²) >= 11 is 0. The van der Waals surface area contributed by atoms with Gasteiger partial charge >= 0.3 is 0 Å². The van der Waals surface area contributed by atoms with Crippen LogP contribution in [-0.2, 0) is 11.3 Å². The molecule has 0 fully saturated rings. The van der Waals surface area contributed by atoms with Gasteiger partial charge in [-0.3, -0.25) is 4.79 Å². The van der Waals surface area contributed by atoms with Gasteiger partial charge in [-0.25, -0.2) is 0 Å². The van der Waals surface area contributed by atoms with Crippen LogP contribution in [0.1, 0.15) is 24.5 Å². The number of carbonyl (C=O) groups excluding carboxylic acids is 1. The Hall–Kier alpha value is -2.43. The molecule has 5 heteroatoms. The van der Waals surface area contributed by atoms with Gasteiger partial charge in [-0.05, 0) is 24.6 Å². The highest BCUT2D eigenvalue weighted by Crippen LogP contribution is 2.09. The zero-order chi connectivity index (χ0) is 14.4. The topological polar surface area (TPSA) is 66.9 Å². The van der Waals surface area contributed by atoms with Crippen LogP contribution >= 0.6 is 0 Å². The smallest absolute Gasteiger partial charge is 0.225 e. The molecule has 20 heavy (non-hydrogen) atoms. The average molecular weight is 270 g/mol. The third kappa shape index (κ3) is 4.05. The molecule has 0 saturated heterocycles. The van der Waals surface area contributed by atoms with Crippen molar-refractivity contribution in [3.63, 3.8) is 0 Å². The van der Waals surface area contributed by atoms with Crippen molar-refractivity contribution in [3.05, 3.63) is 47.5 Å². The quantitative estimate of drug-likeness (QED) is 0.876. The molecule has 0 saturated carbocycles. The Morgan fingerprint density at radius 2 is 1.90 bits per heavy atom. The number of nitrogens with one attached hydrogen (secondary N) is 2. The molecule has 0 radical (unpaired) electrons. The number of aryl methyl sites for hydroxylation is 1. The van der Waals surface area contributed by atoms with Crippen LogP contribution in [0.3, 0.4) is 0 Å². The van der Waals surface area contributed by atoms with Gasteiger partial charge in [-0.2, -0.15) is 0 Å². The molecule has 2 aromatic rings. The van der Waals surface area contributed by atoms with E-state index in [1.165, 1.54) is 11.1 Å². The van der Waals surface area contributed by atoms with Crippen LogP contribution in [0, 0.1) is 6.92 Å². The van der Waals surface area contributed by atoms with E-state index in [4.69, 9.17) is 0 Å². The van der Waals surface area contributed by atoms with Gasteiger partial charge in [0, 0.05) is 13.0 Å². The van der Waals surface area contributed by atoms with Gasteiger partial charge in [-0.15, -0.1) is 10.2 Å². The molecule has 2 N–H and O–H groups in total. The second kappa shape index (κ2) is 6.65. The second-order valence-electron chi connectivity index (χ2n) is 4.55. The molecular weight excluding hydrogens is 252 g/mol. The zero-order valence-electron chi connectivity index (χ0n) is 11.7. The first-order valence-corrected chi connectivity index (χ1v) is 6.60. The van der Waals surface area contributed by atoms with Crippen molar-refractivity contribution in [3.8, 4) is 0 Å². The predicted molar refractivity (Wildman–Crippen MR) is 79.5 cm³/mol. The third-order valence-corrected chi connectivity index (χ3v) is 2.81. The highest BCUT2D eigenvalue weighted by molar-refractivity contribution is 5.89. The van der Waals surface area contributed by atoms with Crippen LogP contribution in [0.4, 0.5) is 11.6 Å². The van der Waals surface area contributed by atoms with E-state index in [0.717, 1.165) is 0 Å². The average Bonchev–Trinajstić information content (AvgIpc) is 2.46. The lowest BCUT2D eigenvalue weighted by Crippen LogP contribution is -2.11. The highest BCUT2D eigenvalue weighted by Gasteiger charge is 2.01. The van der Waals surface area contributed by atoms with Gasteiger partial charge < -0.3 is 10.6 Å². The van der Waals surface area contributed by atoms with E-state index in [2.05, 4.69) is 46.0 Å². The van der Waals surface area contributed by atoms with Gasteiger partial charge in [-0.1, -0.05) is 36.8 Å². The van der Waals surface area contributed by atoms with Gasteiger partial charge in [0.2, 0.25) is 5.91 Å². The Morgan fingerprint density at radius 3 is 2.55 bits per heavy atom. The zero-order valence-corrected chi connectivity index (χ0v) is 11.7. The van der Waals surface area contributed by atoms with Crippen LogP contribution in [-0.4, -0.2) is 16.1 Å². The third-order valence-electron chi connectivity index (χ3n) is 2.81. The number of aromatic nitrogens is 2. The summed E-state index contributed by atoms with van der Waals surface area (Å²) in [6.07, 6.45) is 0.426. The van der Waals surface area contributed by atoms with Gasteiger partial charge in [0.15, 0.2) is 5.82 Å². The van der Waals surface area contributed by atoms with E-state index in [0.29, 0.717) is 24.6 Å². The summed E-state index contributed by atoms with van der Waals surface area (Å²) in [5.41, 5.74) is 2.42. The van der Waals surface area contributed by atoms with Crippen molar-refractivity contribution in [2.75, 3.05) is 10.6 Å². The van der Waals surface area contributed by atoms with Crippen LogP contribution in [0.25, 0.3) is 0 Å². The molecule has 1 aromatic heterocycles. The Morgan fingerprint density at radius 1 is 1.15 bits per heavy atom. The van der Waals surface area contributed by atoms with Gasteiger partial charge in [0.1, 0.15) is 5.82 Å². The van der Waals surface area contributed by atoms with Crippen molar-refractivity contribution in [2.24, 2.45) is 0 Å². The lowest BCUT2D eigenvalue weighted by atomic mass is 10.1. The lowest BCUT2D eigenvalue weighted by Gasteiger charge is -2.07. The summed E-state index contributed by atoms with van der Waals surface area (Å²) in [5.74, 6) is 1.08. The standard InChI is InChI=1S/C15H18N4O/c1-3-15(20)17-14-8-7-13(18-19-14)16-10-12-6-4-5-11(2)9-12/h4-9H,3,10H2,1-2H3,(H,16,18)(H,17,19,20). The number of nitrogens with zero attached hydrogens (tertiary/aromatic N) is 2. The van der Waals surface area contributed by atoms with E-state index < -0.39 is 0 Å². The summed E-state index contributed by atoms with van der Waals surface area (Å²) in [6, 6.07) is 11.8. The second-order valence-corrected chi connectivity index (χ2v) is 4.55. The molecule has 0 atom stereocenters. The van der Waals surface area contributed by atoms with E-state index in [-0.39, 0.29) is 5.91 Å². The highest BCUT2D eigenvalue weighted by atomic mass is 16.1. The minimum atomic E-state index is -0.0697. The minimum absolute atomic E-state index is 0.0697. The number of hydrogen-bond acceptors (Lipinski definition) is 4. The first kappa shape index (κ1) is 14.0. The van der Waals surface area contributed by atoms with Crippen LogP contribution in [0.15, 0.2) is 36.4 Å². The Kier molecular flexibility index (Phi) is 4.65. The number of anilines is 2. The molecule has 0 unspecified atom stereocenters. The van der Waals surface area contributed by atoms with Crippen molar-refractivity contribution in [1.29, 1.82) is 0 Å². The SMILES string of the molecule is CCC(=O)Nc1ccc(NCc2cccc(C)c2)nn1. The molecule has 0 spiro atoms. The molecule has 1 heterocycles. The first-order valence-electron chi connectivity index (χ1n) is 6.60. The maximum absolute atomic E-state index is 11.2. The summed E-state index contributed by atoms with van der Waals surface area (Å²) in [7, 11) is 0. The minimum Gasteiger partial charge on any atom is -0.365 e. The Bertz CT molecular complexity index is 581. The molecule has 2 rings (SSSR count). The number of amides is 1. The van der Waals surface area contributed by atoms with E-state index >= 15 is 0 Å². The maximum Gasteiger partial charge on any atom is 0.225 e. The van der Waals surface area contributed by atoms with Crippen molar-refractivity contribution < 1.29 is 4.79 Å². The monoisotopic (exact) mass is 270 g/mol. The molecule has 0 aliphatic carbocycles. The number of benzene rings is 1. The van der Waals surface area contributed by atoms with E-state index in [1.54, 1.807) is 19.1 Å². The molecule has 104 valence electrons. The molecule has 0 aliphatic heterocycles. The van der Waals surface area contributed by atoms with Gasteiger partial charge in [0.25, 0.3) is 0 Å². The summed E-state index contributed by atoms with van der Waals surface area (Å²) < 4.78 is 0. The predicted octanol–water partition coefficient (Wildman–Crippen LogP) is 2.75. The lowest BCUT2D eigenvalue weighted by molar-refractivity contribution is -0.115.